The molecular weight excluding hydrogens is 496 g/mol. The molecule has 4 rings (SSSR count). The minimum atomic E-state index is -1.20. The molecule has 9 heteroatoms. The van der Waals surface area contributed by atoms with Crippen molar-refractivity contribution in [1.82, 2.24) is 15.1 Å². The maximum Gasteiger partial charge on any atom is 0.413 e. The van der Waals surface area contributed by atoms with Crippen LogP contribution in [0.5, 0.6) is 0 Å². The van der Waals surface area contributed by atoms with Crippen LogP contribution in [0.25, 0.3) is 11.1 Å². The second kappa shape index (κ2) is 12.3. The zero-order valence-electron chi connectivity index (χ0n) is 21.3. The molecule has 196 valence electrons. The largest absolute Gasteiger partial charge is 0.479 e. The van der Waals surface area contributed by atoms with Crippen molar-refractivity contribution in [3.05, 3.63) is 108 Å². The Morgan fingerprint density at radius 3 is 2.15 bits per heavy atom. The van der Waals surface area contributed by atoms with E-state index in [9.17, 15) is 19.5 Å². The number of aliphatic carboxylic acids is 1. The average Bonchev–Trinajstić information content (AvgIpc) is 3.31. The highest BCUT2D eigenvalue weighted by atomic mass is 16.6. The summed E-state index contributed by atoms with van der Waals surface area (Å²) in [7, 11) is 1.71. The SMILES string of the molecule is C[C@@H](OC(=O)Nc1c(-c2ccc(C#CC(=O)N[C@@H](C(=O)O)c3ccccc3)cc2)cnn1C)c1ccccc1. The molecule has 0 aliphatic rings. The summed E-state index contributed by atoms with van der Waals surface area (Å²) < 4.78 is 7.05. The second-order valence-corrected chi connectivity index (χ2v) is 8.60. The first kappa shape index (κ1) is 26.7. The van der Waals surface area contributed by atoms with Crippen LogP contribution >= 0.6 is 0 Å². The summed E-state index contributed by atoms with van der Waals surface area (Å²) in [5.74, 6) is 3.74. The molecule has 9 nitrogen and oxygen atoms in total. The van der Waals surface area contributed by atoms with E-state index in [0.717, 1.165) is 11.1 Å². The molecule has 0 saturated carbocycles. The summed E-state index contributed by atoms with van der Waals surface area (Å²) in [5, 5.41) is 18.9. The van der Waals surface area contributed by atoms with E-state index in [1.165, 1.54) is 4.68 Å². The molecule has 0 aliphatic heterocycles. The maximum atomic E-state index is 12.6. The number of carbonyl (C=O) groups excluding carboxylic acids is 2. The number of carbonyl (C=O) groups is 3. The van der Waals surface area contributed by atoms with E-state index in [2.05, 4.69) is 27.6 Å². The van der Waals surface area contributed by atoms with Crippen LogP contribution in [0.2, 0.25) is 0 Å². The lowest BCUT2D eigenvalue weighted by molar-refractivity contribution is -0.141. The number of benzene rings is 3. The Morgan fingerprint density at radius 1 is 0.923 bits per heavy atom. The fourth-order valence-electron chi connectivity index (χ4n) is 3.84. The lowest BCUT2D eigenvalue weighted by Crippen LogP contribution is -2.32. The molecule has 0 fully saturated rings. The quantitative estimate of drug-likeness (QED) is 0.303. The van der Waals surface area contributed by atoms with Gasteiger partial charge in [-0.05, 0) is 35.7 Å². The van der Waals surface area contributed by atoms with E-state index < -0.39 is 30.1 Å². The van der Waals surface area contributed by atoms with E-state index >= 15 is 0 Å². The van der Waals surface area contributed by atoms with Gasteiger partial charge in [-0.15, -0.1) is 0 Å². The van der Waals surface area contributed by atoms with Crippen LogP contribution in [0.1, 0.15) is 35.8 Å². The van der Waals surface area contributed by atoms with Crippen LogP contribution in [0.15, 0.2) is 91.1 Å². The van der Waals surface area contributed by atoms with Crippen molar-refractivity contribution in [2.75, 3.05) is 5.32 Å². The van der Waals surface area contributed by atoms with Crippen molar-refractivity contribution in [2.24, 2.45) is 7.05 Å². The molecule has 2 amide bonds. The lowest BCUT2D eigenvalue weighted by Gasteiger charge is -2.15. The Morgan fingerprint density at radius 2 is 1.54 bits per heavy atom. The number of nitrogens with zero attached hydrogens (tertiary/aromatic N) is 2. The summed E-state index contributed by atoms with van der Waals surface area (Å²) >= 11 is 0. The van der Waals surface area contributed by atoms with Crippen molar-refractivity contribution in [3.63, 3.8) is 0 Å². The van der Waals surface area contributed by atoms with Gasteiger partial charge in [0.05, 0.1) is 6.20 Å². The van der Waals surface area contributed by atoms with Gasteiger partial charge in [-0.3, -0.25) is 14.8 Å². The molecule has 0 unspecified atom stereocenters. The highest BCUT2D eigenvalue weighted by Crippen LogP contribution is 2.28. The van der Waals surface area contributed by atoms with E-state index in [0.29, 0.717) is 22.5 Å². The smallest absolute Gasteiger partial charge is 0.413 e. The van der Waals surface area contributed by atoms with Gasteiger partial charge in [-0.25, -0.2) is 9.59 Å². The number of hydrogen-bond donors (Lipinski definition) is 3. The molecule has 3 N–H and O–H groups in total. The standard InChI is InChI=1S/C30H26N4O5/c1-20(22-9-5-3-6-10-22)39-30(38)33-28-25(19-31-34(28)2)23-16-13-21(14-17-23)15-18-26(35)32-27(29(36)37)24-11-7-4-8-12-24/h3-14,16-17,19-20,27H,1-2H3,(H,32,35)(H,33,38)(H,36,37)/t20-,27-/m1/s1. The number of ether oxygens (including phenoxy) is 1. The molecule has 0 saturated heterocycles. The van der Waals surface area contributed by atoms with Gasteiger partial charge in [0.25, 0.3) is 5.91 Å². The molecule has 0 radical (unpaired) electrons. The molecular formula is C30H26N4O5. The normalized spacial score (nSPS) is 11.8. The van der Waals surface area contributed by atoms with Crippen molar-refractivity contribution < 1.29 is 24.2 Å². The third kappa shape index (κ3) is 6.90. The molecule has 4 aromatic rings. The summed E-state index contributed by atoms with van der Waals surface area (Å²) in [6.45, 7) is 1.79. The van der Waals surface area contributed by atoms with Gasteiger partial charge in [0.15, 0.2) is 6.04 Å². The van der Waals surface area contributed by atoms with Crippen molar-refractivity contribution in [2.45, 2.75) is 19.1 Å². The topological polar surface area (TPSA) is 123 Å². The van der Waals surface area contributed by atoms with Crippen LogP contribution in [0, 0.1) is 11.8 Å². The summed E-state index contributed by atoms with van der Waals surface area (Å²) in [6.07, 6.45) is 0.580. The van der Waals surface area contributed by atoms with Crippen LogP contribution in [-0.2, 0) is 21.4 Å². The number of aryl methyl sites for hydroxylation is 1. The van der Waals surface area contributed by atoms with Gasteiger partial charge in [0, 0.05) is 24.1 Å². The van der Waals surface area contributed by atoms with Crippen molar-refractivity contribution >= 4 is 23.8 Å². The number of nitrogens with one attached hydrogen (secondary N) is 2. The third-order valence-electron chi connectivity index (χ3n) is 5.88. The number of carboxylic acids is 1. The third-order valence-corrected chi connectivity index (χ3v) is 5.88. The number of anilines is 1. The van der Waals surface area contributed by atoms with E-state index in [1.54, 1.807) is 74.8 Å². The zero-order valence-corrected chi connectivity index (χ0v) is 21.3. The van der Waals surface area contributed by atoms with Crippen LogP contribution in [0.4, 0.5) is 10.6 Å². The highest BCUT2D eigenvalue weighted by Gasteiger charge is 2.21. The fraction of sp³-hybridized carbons (Fsp3) is 0.133. The van der Waals surface area contributed by atoms with Gasteiger partial charge in [-0.1, -0.05) is 78.7 Å². The Balaban J connectivity index is 1.42. The second-order valence-electron chi connectivity index (χ2n) is 8.60. The van der Waals surface area contributed by atoms with Crippen molar-refractivity contribution in [1.29, 1.82) is 0 Å². The first-order valence-electron chi connectivity index (χ1n) is 12.1. The zero-order chi connectivity index (χ0) is 27.8. The number of carboxylic acid groups (broad SMARTS) is 1. The number of rotatable bonds is 7. The summed E-state index contributed by atoms with van der Waals surface area (Å²) in [6, 6.07) is 23.6. The molecule has 39 heavy (non-hydrogen) atoms. The molecule has 1 heterocycles. The molecule has 2 atom stereocenters. The minimum Gasteiger partial charge on any atom is -0.479 e. The predicted octanol–water partition coefficient (Wildman–Crippen LogP) is 4.69. The Labute approximate surface area is 225 Å². The maximum absolute atomic E-state index is 12.6. The lowest BCUT2D eigenvalue weighted by atomic mass is 10.1. The average molecular weight is 523 g/mol. The molecule has 1 aromatic heterocycles. The number of amides is 2. The van der Waals surface area contributed by atoms with E-state index in [-0.39, 0.29) is 0 Å². The summed E-state index contributed by atoms with van der Waals surface area (Å²) in [4.78, 5) is 36.5. The molecule has 0 aliphatic carbocycles. The van der Waals surface area contributed by atoms with Gasteiger partial charge >= 0.3 is 12.1 Å². The predicted molar refractivity (Wildman–Crippen MR) is 145 cm³/mol. The van der Waals surface area contributed by atoms with Crippen LogP contribution in [-0.4, -0.2) is 32.9 Å². The van der Waals surface area contributed by atoms with Crippen molar-refractivity contribution in [3.8, 4) is 23.0 Å². The highest BCUT2D eigenvalue weighted by molar-refractivity contribution is 5.97. The van der Waals surface area contributed by atoms with E-state index in [4.69, 9.17) is 4.74 Å². The van der Waals surface area contributed by atoms with Crippen LogP contribution < -0.4 is 10.6 Å². The molecule has 0 spiro atoms. The monoisotopic (exact) mass is 522 g/mol. The Kier molecular flexibility index (Phi) is 8.39. The van der Waals surface area contributed by atoms with E-state index in [1.807, 2.05) is 30.3 Å². The molecule has 0 bridgehead atoms. The fourth-order valence-corrected chi connectivity index (χ4v) is 3.84. The van der Waals surface area contributed by atoms with Gasteiger partial charge in [-0.2, -0.15) is 5.10 Å². The first-order chi connectivity index (χ1) is 18.8. The van der Waals surface area contributed by atoms with Crippen LogP contribution in [0.3, 0.4) is 0 Å². The minimum absolute atomic E-state index is 0.434. The summed E-state index contributed by atoms with van der Waals surface area (Å²) in [5.41, 5.74) is 3.31. The van der Waals surface area contributed by atoms with Gasteiger partial charge < -0.3 is 15.2 Å². The first-order valence-corrected chi connectivity index (χ1v) is 12.1. The molecule has 3 aromatic carbocycles. The van der Waals surface area contributed by atoms with Gasteiger partial charge in [0.1, 0.15) is 11.9 Å². The van der Waals surface area contributed by atoms with Gasteiger partial charge in [0.2, 0.25) is 0 Å². The number of hydrogen-bond acceptors (Lipinski definition) is 5. The number of aromatic nitrogens is 2. The Hall–Kier alpha value is -5.36. The Bertz CT molecular complexity index is 1520.